The van der Waals surface area contributed by atoms with Crippen molar-refractivity contribution < 1.29 is 9.53 Å². The molecule has 1 heterocycles. The van der Waals surface area contributed by atoms with E-state index >= 15 is 0 Å². The van der Waals surface area contributed by atoms with E-state index < -0.39 is 11.5 Å². The maximum absolute atomic E-state index is 11.8. The summed E-state index contributed by atoms with van der Waals surface area (Å²) in [5.74, 6) is -0.276. The molecule has 4 heteroatoms. The zero-order valence-electron chi connectivity index (χ0n) is 11.2. The molecule has 1 fully saturated rings. The zero-order valence-corrected chi connectivity index (χ0v) is 11.2. The minimum absolute atomic E-state index is 0.145. The lowest BCUT2D eigenvalue weighted by Crippen LogP contribution is -2.34. The fourth-order valence-corrected chi connectivity index (χ4v) is 2.60. The molecule has 1 aromatic rings. The second kappa shape index (κ2) is 5.41. The largest absolute Gasteiger partial charge is 0.465 e. The monoisotopic (exact) mass is 258 g/mol. The summed E-state index contributed by atoms with van der Waals surface area (Å²) in [5.41, 5.74) is 0.428. The summed E-state index contributed by atoms with van der Waals surface area (Å²) in [4.78, 5) is 11.8. The van der Waals surface area contributed by atoms with E-state index in [1.807, 2.05) is 37.3 Å². The van der Waals surface area contributed by atoms with Gasteiger partial charge in [-0.25, -0.2) is 0 Å². The molecule has 0 amide bonds. The van der Waals surface area contributed by atoms with Crippen LogP contribution in [-0.2, 0) is 9.53 Å². The Balaban J connectivity index is 2.24. The van der Waals surface area contributed by atoms with Gasteiger partial charge in [0.2, 0.25) is 0 Å². The van der Waals surface area contributed by atoms with Crippen molar-refractivity contribution in [1.29, 1.82) is 5.26 Å². The van der Waals surface area contributed by atoms with E-state index in [0.29, 0.717) is 13.0 Å². The van der Waals surface area contributed by atoms with Gasteiger partial charge in [0.05, 0.1) is 24.1 Å². The Bertz CT molecular complexity index is 495. The molecule has 100 valence electrons. The molecule has 0 aromatic heterocycles. The van der Waals surface area contributed by atoms with E-state index in [1.165, 1.54) is 0 Å². The van der Waals surface area contributed by atoms with Crippen molar-refractivity contribution in [3.63, 3.8) is 0 Å². The van der Waals surface area contributed by atoms with Gasteiger partial charge in [-0.15, -0.1) is 0 Å². The Kier molecular flexibility index (Phi) is 3.87. The summed E-state index contributed by atoms with van der Waals surface area (Å²) in [6, 6.07) is 11.5. The molecule has 2 rings (SSSR count). The van der Waals surface area contributed by atoms with Crippen LogP contribution in [0.2, 0.25) is 0 Å². The molecule has 1 unspecified atom stereocenters. The maximum Gasteiger partial charge on any atom is 0.323 e. The summed E-state index contributed by atoms with van der Waals surface area (Å²) < 4.78 is 5.04. The lowest BCUT2D eigenvalue weighted by molar-refractivity contribution is -0.145. The average molecular weight is 258 g/mol. The first-order valence-electron chi connectivity index (χ1n) is 6.49. The third-order valence-corrected chi connectivity index (χ3v) is 3.59. The smallest absolute Gasteiger partial charge is 0.323 e. The molecule has 4 nitrogen and oxygen atoms in total. The highest BCUT2D eigenvalue weighted by Gasteiger charge is 2.47. The van der Waals surface area contributed by atoms with Crippen molar-refractivity contribution in [2.45, 2.75) is 32.4 Å². The highest BCUT2D eigenvalue weighted by molar-refractivity contribution is 5.76. The topological polar surface area (TPSA) is 62.1 Å². The molecule has 0 radical (unpaired) electrons. The van der Waals surface area contributed by atoms with E-state index in [0.717, 1.165) is 5.56 Å². The van der Waals surface area contributed by atoms with Crippen molar-refractivity contribution in [1.82, 2.24) is 5.32 Å². The van der Waals surface area contributed by atoms with Crippen molar-refractivity contribution in [3.8, 4) is 6.07 Å². The summed E-state index contributed by atoms with van der Waals surface area (Å²) in [5, 5.41) is 12.7. The van der Waals surface area contributed by atoms with Gasteiger partial charge < -0.3 is 4.74 Å². The molecular weight excluding hydrogens is 240 g/mol. The third-order valence-electron chi connectivity index (χ3n) is 3.59. The zero-order chi connectivity index (χ0) is 13.9. The minimum Gasteiger partial charge on any atom is -0.465 e. The van der Waals surface area contributed by atoms with Crippen molar-refractivity contribution in [2.24, 2.45) is 5.41 Å². The molecule has 0 saturated carbocycles. The van der Waals surface area contributed by atoms with Gasteiger partial charge in [-0.1, -0.05) is 30.3 Å². The lowest BCUT2D eigenvalue weighted by atomic mass is 9.80. The van der Waals surface area contributed by atoms with E-state index in [2.05, 4.69) is 11.4 Å². The number of nitrogens with one attached hydrogen (secondary N) is 1. The standard InChI is InChI=1S/C15H18N2O2/c1-3-19-14(18)12-9-15(2,10-16)13(17-12)11-7-5-4-6-8-11/h4-8,12-13,17H,3,9H2,1-2H3/t12-,13?,15+/m0/s1. The van der Waals surface area contributed by atoms with E-state index in [1.54, 1.807) is 6.92 Å². The number of nitriles is 1. The molecule has 0 aliphatic carbocycles. The molecule has 0 bridgehead atoms. The number of ether oxygens (including phenoxy) is 1. The third kappa shape index (κ3) is 2.61. The number of carbonyl (C=O) groups is 1. The summed E-state index contributed by atoms with van der Waals surface area (Å²) >= 11 is 0. The van der Waals surface area contributed by atoms with Gasteiger partial charge in [0, 0.05) is 0 Å². The van der Waals surface area contributed by atoms with Crippen LogP contribution in [0, 0.1) is 16.7 Å². The highest BCUT2D eigenvalue weighted by Crippen LogP contribution is 2.43. The average Bonchev–Trinajstić information content (AvgIpc) is 2.79. The number of nitrogens with zero attached hydrogens (tertiary/aromatic N) is 1. The normalized spacial score (nSPS) is 29.7. The molecule has 19 heavy (non-hydrogen) atoms. The maximum atomic E-state index is 11.8. The van der Waals surface area contributed by atoms with Crippen LogP contribution in [-0.4, -0.2) is 18.6 Å². The van der Waals surface area contributed by atoms with Gasteiger partial charge in [-0.3, -0.25) is 10.1 Å². The summed E-state index contributed by atoms with van der Waals surface area (Å²) in [7, 11) is 0. The molecule has 1 aliphatic heterocycles. The summed E-state index contributed by atoms with van der Waals surface area (Å²) in [6.45, 7) is 4.03. The Morgan fingerprint density at radius 3 is 2.79 bits per heavy atom. The SMILES string of the molecule is CCOC(=O)[C@@H]1C[C@](C)(C#N)C(c2ccccc2)N1. The van der Waals surface area contributed by atoms with E-state index in [4.69, 9.17) is 4.74 Å². The van der Waals surface area contributed by atoms with Crippen LogP contribution in [0.1, 0.15) is 31.9 Å². The predicted molar refractivity (Wildman–Crippen MR) is 71.1 cm³/mol. The fraction of sp³-hybridized carbons (Fsp3) is 0.467. The number of carbonyl (C=O) groups excluding carboxylic acids is 1. The second-order valence-corrected chi connectivity index (χ2v) is 5.05. The predicted octanol–water partition coefficient (Wildman–Crippen LogP) is 2.18. The number of benzene rings is 1. The molecule has 1 aliphatic rings. The Morgan fingerprint density at radius 2 is 2.21 bits per heavy atom. The number of hydrogen-bond acceptors (Lipinski definition) is 4. The molecule has 1 saturated heterocycles. The first-order valence-corrected chi connectivity index (χ1v) is 6.49. The van der Waals surface area contributed by atoms with Gasteiger partial charge in [0.15, 0.2) is 0 Å². The van der Waals surface area contributed by atoms with Gasteiger partial charge in [-0.2, -0.15) is 5.26 Å². The van der Waals surface area contributed by atoms with Crippen LogP contribution in [0.3, 0.4) is 0 Å². The van der Waals surface area contributed by atoms with Crippen molar-refractivity contribution in [3.05, 3.63) is 35.9 Å². The number of rotatable bonds is 3. The summed E-state index contributed by atoms with van der Waals surface area (Å²) in [6.07, 6.45) is 0.474. The van der Waals surface area contributed by atoms with Gasteiger partial charge in [0.1, 0.15) is 6.04 Å². The fourth-order valence-electron chi connectivity index (χ4n) is 2.60. The molecule has 3 atom stereocenters. The Labute approximate surface area is 113 Å². The van der Waals surface area contributed by atoms with Crippen LogP contribution < -0.4 is 5.32 Å². The van der Waals surface area contributed by atoms with Crippen LogP contribution in [0.25, 0.3) is 0 Å². The van der Waals surface area contributed by atoms with Crippen molar-refractivity contribution in [2.75, 3.05) is 6.61 Å². The van der Waals surface area contributed by atoms with Crippen LogP contribution >= 0.6 is 0 Å². The second-order valence-electron chi connectivity index (χ2n) is 5.05. The van der Waals surface area contributed by atoms with Gasteiger partial charge >= 0.3 is 5.97 Å². The van der Waals surface area contributed by atoms with E-state index in [9.17, 15) is 10.1 Å². The number of hydrogen-bond donors (Lipinski definition) is 1. The van der Waals surface area contributed by atoms with Gasteiger partial charge in [0.25, 0.3) is 0 Å². The van der Waals surface area contributed by atoms with Crippen LogP contribution in [0.5, 0.6) is 0 Å². The molecule has 1 aromatic carbocycles. The van der Waals surface area contributed by atoms with E-state index in [-0.39, 0.29) is 12.0 Å². The Morgan fingerprint density at radius 1 is 1.53 bits per heavy atom. The first kappa shape index (κ1) is 13.6. The molecule has 0 spiro atoms. The quantitative estimate of drug-likeness (QED) is 0.844. The van der Waals surface area contributed by atoms with Crippen LogP contribution in [0.15, 0.2) is 30.3 Å². The minimum atomic E-state index is -0.598. The van der Waals surface area contributed by atoms with Gasteiger partial charge in [-0.05, 0) is 25.8 Å². The molecule has 1 N–H and O–H groups in total. The van der Waals surface area contributed by atoms with Crippen molar-refractivity contribution >= 4 is 5.97 Å². The molecular formula is C15H18N2O2. The number of esters is 1. The highest BCUT2D eigenvalue weighted by atomic mass is 16.5. The lowest BCUT2D eigenvalue weighted by Gasteiger charge is -2.23. The van der Waals surface area contributed by atoms with Crippen LogP contribution in [0.4, 0.5) is 0 Å². The Hall–Kier alpha value is -1.86. The first-order chi connectivity index (χ1) is 9.10.